The van der Waals surface area contributed by atoms with Crippen molar-refractivity contribution in [1.29, 1.82) is 0 Å². The zero-order valence-corrected chi connectivity index (χ0v) is 42.7. The predicted molar refractivity (Wildman–Crippen MR) is 290 cm³/mol. The Morgan fingerprint density at radius 2 is 0.944 bits per heavy atom. The molecule has 2 aliphatic rings. The highest BCUT2D eigenvalue weighted by Crippen LogP contribution is 2.37. The summed E-state index contributed by atoms with van der Waals surface area (Å²) < 4.78 is 4.68. The first-order valence-electron chi connectivity index (χ1n) is 25.2. The van der Waals surface area contributed by atoms with E-state index in [-0.39, 0.29) is 0 Å². The molecule has 2 saturated heterocycles. The Morgan fingerprint density at radius 1 is 0.521 bits per heavy atom. The maximum Gasteiger partial charge on any atom is 0.227 e. The van der Waals surface area contributed by atoms with E-state index in [0.717, 1.165) is 122 Å². The Hall–Kier alpha value is -7.06. The lowest BCUT2D eigenvalue weighted by Crippen LogP contribution is -2.38. The molecule has 0 atom stereocenters. The maximum atomic E-state index is 4.99. The van der Waals surface area contributed by atoms with Gasteiger partial charge in [0.1, 0.15) is 0 Å². The standard InChI is InChI=1S/C31H39N7.C27H30N6/c1-22-6-8-25(9-7-22)29-30(38(21-33-29)27-11-14-37(15-12-27)17-16-36(4)5)28-10-13-32-31(35-28)34-26-19-23(2)18-24(3)20-26;1-18-4-6-21(7-5-18)25-26(33(17-30-25)23-8-11-28-12-9-23)24-10-13-29-27(32-24)31-22-15-19(2)14-20(3)16-22/h6-10,13,18-21,27H,11-12,14-17H2,1-5H3,(H,32,34,35);4-7,10,13-17,23,28H,8-9,11-12H2,1-3H3,(H,29,31,32). The summed E-state index contributed by atoms with van der Waals surface area (Å²) >= 11 is 0. The van der Waals surface area contributed by atoms with Gasteiger partial charge in [0, 0.05) is 73.2 Å². The fraction of sp³-hybridized carbons (Fsp3) is 0.345. The van der Waals surface area contributed by atoms with Gasteiger partial charge < -0.3 is 34.9 Å². The number of hydrogen-bond acceptors (Lipinski definition) is 11. The number of rotatable bonds is 13. The van der Waals surface area contributed by atoms with Crippen molar-refractivity contribution in [3.05, 3.63) is 155 Å². The van der Waals surface area contributed by atoms with Crippen LogP contribution in [0.2, 0.25) is 0 Å². The summed E-state index contributed by atoms with van der Waals surface area (Å²) in [5, 5.41) is 10.3. The van der Waals surface area contributed by atoms with E-state index in [1.54, 1.807) is 0 Å². The van der Waals surface area contributed by atoms with Gasteiger partial charge in [-0.25, -0.2) is 29.9 Å². The second-order valence-corrected chi connectivity index (χ2v) is 19.8. The molecule has 4 aromatic carbocycles. The van der Waals surface area contributed by atoms with E-state index in [4.69, 9.17) is 19.9 Å². The van der Waals surface area contributed by atoms with Crippen LogP contribution in [0.1, 0.15) is 71.1 Å². The average Bonchev–Trinajstić information content (AvgIpc) is 4.00. The van der Waals surface area contributed by atoms with Crippen LogP contribution in [0, 0.1) is 41.5 Å². The lowest BCUT2D eigenvalue weighted by atomic mass is 10.0. The largest absolute Gasteiger partial charge is 0.326 e. The highest BCUT2D eigenvalue weighted by Gasteiger charge is 2.27. The fourth-order valence-electron chi connectivity index (χ4n) is 9.93. The van der Waals surface area contributed by atoms with Gasteiger partial charge in [-0.3, -0.25) is 0 Å². The van der Waals surface area contributed by atoms with Crippen LogP contribution in [-0.4, -0.2) is 102 Å². The topological polar surface area (TPSA) is 130 Å². The molecule has 13 nitrogen and oxygen atoms in total. The molecule has 0 unspecified atom stereocenters. The third-order valence-electron chi connectivity index (χ3n) is 13.5. The number of aryl methyl sites for hydroxylation is 6. The summed E-state index contributed by atoms with van der Waals surface area (Å²) in [6.45, 7) is 19.1. The van der Waals surface area contributed by atoms with E-state index < -0.39 is 0 Å². The van der Waals surface area contributed by atoms with Crippen molar-refractivity contribution in [2.45, 2.75) is 79.3 Å². The molecule has 2 aliphatic heterocycles. The highest BCUT2D eigenvalue weighted by atomic mass is 15.2. The third kappa shape index (κ3) is 12.3. The molecule has 0 aliphatic carbocycles. The second kappa shape index (κ2) is 22.4. The van der Waals surface area contributed by atoms with Gasteiger partial charge in [0.15, 0.2) is 0 Å². The number of nitrogens with one attached hydrogen (secondary N) is 3. The van der Waals surface area contributed by atoms with Crippen LogP contribution in [0.5, 0.6) is 0 Å². The van der Waals surface area contributed by atoms with E-state index in [1.165, 1.54) is 33.4 Å². The minimum atomic E-state index is 0.387. The number of benzene rings is 4. The molecular weight excluding hydrogens is 879 g/mol. The van der Waals surface area contributed by atoms with Crippen LogP contribution in [-0.2, 0) is 0 Å². The molecule has 8 aromatic rings. The number of likely N-dealkylation sites (N-methyl/N-ethyl adjacent to an activating group) is 1. The molecule has 13 heteroatoms. The number of hydrogen-bond donors (Lipinski definition) is 3. The molecule has 2 fully saturated rings. The molecule has 0 radical (unpaired) electrons. The van der Waals surface area contributed by atoms with Crippen molar-refractivity contribution in [3.8, 4) is 45.3 Å². The first-order chi connectivity index (χ1) is 34.4. The number of likely N-dealkylation sites (tertiary alicyclic amines) is 1. The molecule has 0 amide bonds. The number of nitrogens with zero attached hydrogens (tertiary/aromatic N) is 10. The number of imidazole rings is 2. The average molecular weight is 948 g/mol. The predicted octanol–water partition coefficient (Wildman–Crippen LogP) is 11.5. The van der Waals surface area contributed by atoms with E-state index in [2.05, 4.69) is 185 Å². The number of aromatic nitrogens is 8. The van der Waals surface area contributed by atoms with E-state index in [0.29, 0.717) is 24.0 Å². The summed E-state index contributed by atoms with van der Waals surface area (Å²) in [6, 6.07) is 34.7. The van der Waals surface area contributed by atoms with Gasteiger partial charge >= 0.3 is 0 Å². The van der Waals surface area contributed by atoms with Crippen molar-refractivity contribution >= 4 is 23.3 Å². The monoisotopic (exact) mass is 948 g/mol. The zero-order chi connectivity index (χ0) is 49.4. The van der Waals surface area contributed by atoms with Crippen LogP contribution in [0.4, 0.5) is 23.3 Å². The molecular formula is C58H69N13. The maximum absolute atomic E-state index is 4.99. The van der Waals surface area contributed by atoms with Crippen molar-refractivity contribution in [2.24, 2.45) is 0 Å². The molecule has 0 spiro atoms. The Balaban J connectivity index is 0.000000177. The Bertz CT molecular complexity index is 2990. The first-order valence-corrected chi connectivity index (χ1v) is 25.2. The second-order valence-electron chi connectivity index (χ2n) is 19.8. The van der Waals surface area contributed by atoms with Gasteiger partial charge in [0.25, 0.3) is 0 Å². The van der Waals surface area contributed by atoms with Gasteiger partial charge in [-0.2, -0.15) is 0 Å². The highest BCUT2D eigenvalue weighted by molar-refractivity contribution is 5.79. The van der Waals surface area contributed by atoms with Gasteiger partial charge in [0.05, 0.1) is 46.8 Å². The van der Waals surface area contributed by atoms with Crippen molar-refractivity contribution in [1.82, 2.24) is 54.2 Å². The molecule has 0 saturated carbocycles. The lowest BCUT2D eigenvalue weighted by Gasteiger charge is -2.33. The van der Waals surface area contributed by atoms with E-state index in [9.17, 15) is 0 Å². The van der Waals surface area contributed by atoms with Crippen LogP contribution < -0.4 is 16.0 Å². The third-order valence-corrected chi connectivity index (χ3v) is 13.5. The molecule has 10 rings (SSSR count). The molecule has 71 heavy (non-hydrogen) atoms. The lowest BCUT2D eigenvalue weighted by molar-refractivity contribution is 0.173. The van der Waals surface area contributed by atoms with Gasteiger partial charge in [-0.1, -0.05) is 71.8 Å². The molecule has 4 aromatic heterocycles. The normalized spacial score (nSPS) is 14.6. The molecule has 366 valence electrons. The Kier molecular flexibility index (Phi) is 15.4. The van der Waals surface area contributed by atoms with Gasteiger partial charge in [-0.15, -0.1) is 0 Å². The molecule has 6 heterocycles. The quantitative estimate of drug-likeness (QED) is 0.102. The van der Waals surface area contributed by atoms with Crippen LogP contribution in [0.15, 0.2) is 122 Å². The molecule has 3 N–H and O–H groups in total. The summed E-state index contributed by atoms with van der Waals surface area (Å²) in [4.78, 5) is 33.6. The van der Waals surface area contributed by atoms with E-state index in [1.807, 2.05) is 37.2 Å². The smallest absolute Gasteiger partial charge is 0.227 e. The summed E-state index contributed by atoms with van der Waals surface area (Å²) in [5.74, 6) is 1.18. The first kappa shape index (κ1) is 48.9. The SMILES string of the molecule is Cc1ccc(-c2ncn(C3CCN(CCN(C)C)CC3)c2-c2ccnc(Nc3cc(C)cc(C)c3)n2)cc1.Cc1ccc(-c2ncn(C3CCNCC3)c2-c2ccnc(Nc3cc(C)cc(C)c3)n2)cc1. The summed E-state index contributed by atoms with van der Waals surface area (Å²) in [6.07, 6.45) is 12.0. The fourth-order valence-corrected chi connectivity index (χ4v) is 9.93. The number of piperidine rings is 2. The summed E-state index contributed by atoms with van der Waals surface area (Å²) in [7, 11) is 4.28. The Labute approximate surface area is 419 Å². The van der Waals surface area contributed by atoms with Crippen LogP contribution in [0.3, 0.4) is 0 Å². The van der Waals surface area contributed by atoms with Crippen LogP contribution >= 0.6 is 0 Å². The van der Waals surface area contributed by atoms with E-state index >= 15 is 0 Å². The van der Waals surface area contributed by atoms with Crippen molar-refractivity contribution in [2.75, 3.05) is 64.0 Å². The van der Waals surface area contributed by atoms with Crippen LogP contribution in [0.25, 0.3) is 45.3 Å². The van der Waals surface area contributed by atoms with Gasteiger partial charge in [-0.05, 0) is 153 Å². The summed E-state index contributed by atoms with van der Waals surface area (Å²) in [5.41, 5.74) is 17.3. The zero-order valence-electron chi connectivity index (χ0n) is 42.7. The minimum absolute atomic E-state index is 0.387. The van der Waals surface area contributed by atoms with Crippen molar-refractivity contribution < 1.29 is 0 Å². The minimum Gasteiger partial charge on any atom is -0.326 e. The molecule has 0 bridgehead atoms. The Morgan fingerprint density at radius 3 is 1.37 bits per heavy atom. The van der Waals surface area contributed by atoms with Gasteiger partial charge in [0.2, 0.25) is 11.9 Å². The number of anilines is 4. The van der Waals surface area contributed by atoms with Crippen molar-refractivity contribution in [3.63, 3.8) is 0 Å².